The van der Waals surface area contributed by atoms with E-state index in [0.717, 1.165) is 11.8 Å². The van der Waals surface area contributed by atoms with Gasteiger partial charge in [-0.2, -0.15) is 0 Å². The normalized spacial score (nSPS) is 29.1. The standard InChI is InChI=1S/C14H30N2/c1-5-11-8-6-7-9-12(11)13(16-15)10-14(2,3)4/h11-13,16H,5-10,15H2,1-4H3. The molecule has 0 radical (unpaired) electrons. The average molecular weight is 226 g/mol. The summed E-state index contributed by atoms with van der Waals surface area (Å²) in [5.74, 6) is 7.46. The fourth-order valence-corrected chi connectivity index (χ4v) is 3.27. The number of nitrogens with two attached hydrogens (primary N) is 1. The van der Waals surface area contributed by atoms with Gasteiger partial charge in [0.2, 0.25) is 0 Å². The van der Waals surface area contributed by atoms with Crippen molar-refractivity contribution >= 4 is 0 Å². The molecule has 1 fully saturated rings. The summed E-state index contributed by atoms with van der Waals surface area (Å²) in [5.41, 5.74) is 3.46. The molecule has 16 heavy (non-hydrogen) atoms. The zero-order chi connectivity index (χ0) is 12.2. The molecule has 0 spiro atoms. The molecule has 2 nitrogen and oxygen atoms in total. The molecule has 0 saturated heterocycles. The zero-order valence-electron chi connectivity index (χ0n) is 11.6. The maximum atomic E-state index is 5.78. The molecule has 3 unspecified atom stereocenters. The molecule has 1 saturated carbocycles. The molecule has 0 amide bonds. The van der Waals surface area contributed by atoms with Gasteiger partial charge in [0.05, 0.1) is 0 Å². The van der Waals surface area contributed by atoms with Crippen LogP contribution < -0.4 is 11.3 Å². The molecule has 0 bridgehead atoms. The lowest BCUT2D eigenvalue weighted by Crippen LogP contribution is -2.46. The third-order valence-electron chi connectivity index (χ3n) is 4.06. The summed E-state index contributed by atoms with van der Waals surface area (Å²) < 4.78 is 0. The van der Waals surface area contributed by atoms with E-state index >= 15 is 0 Å². The second-order valence-corrected chi connectivity index (χ2v) is 6.65. The van der Waals surface area contributed by atoms with Gasteiger partial charge in [-0.05, 0) is 30.1 Å². The van der Waals surface area contributed by atoms with Crippen molar-refractivity contribution in [1.82, 2.24) is 5.43 Å². The lowest BCUT2D eigenvalue weighted by molar-refractivity contribution is 0.143. The van der Waals surface area contributed by atoms with Crippen molar-refractivity contribution in [2.75, 3.05) is 0 Å². The van der Waals surface area contributed by atoms with Crippen LogP contribution in [0.3, 0.4) is 0 Å². The number of hydrogen-bond acceptors (Lipinski definition) is 2. The number of rotatable bonds is 4. The smallest absolute Gasteiger partial charge is 0.0246 e. The quantitative estimate of drug-likeness (QED) is 0.569. The Morgan fingerprint density at radius 3 is 2.38 bits per heavy atom. The van der Waals surface area contributed by atoms with Gasteiger partial charge in [-0.3, -0.25) is 11.3 Å². The molecule has 2 heteroatoms. The minimum absolute atomic E-state index is 0.368. The summed E-state index contributed by atoms with van der Waals surface area (Å²) in [6.07, 6.45) is 8.08. The molecule has 3 atom stereocenters. The Balaban J connectivity index is 2.62. The predicted molar refractivity (Wildman–Crippen MR) is 70.9 cm³/mol. The van der Waals surface area contributed by atoms with Crippen LogP contribution in [0.5, 0.6) is 0 Å². The highest BCUT2D eigenvalue weighted by Crippen LogP contribution is 2.37. The first-order valence-electron chi connectivity index (χ1n) is 6.94. The Kier molecular flexibility index (Phi) is 5.26. The van der Waals surface area contributed by atoms with Gasteiger partial charge >= 0.3 is 0 Å². The van der Waals surface area contributed by atoms with E-state index in [-0.39, 0.29) is 0 Å². The summed E-state index contributed by atoms with van der Waals surface area (Å²) in [4.78, 5) is 0. The maximum absolute atomic E-state index is 5.78. The Morgan fingerprint density at radius 1 is 1.25 bits per heavy atom. The van der Waals surface area contributed by atoms with Gasteiger partial charge in [0.1, 0.15) is 0 Å². The molecular weight excluding hydrogens is 196 g/mol. The SMILES string of the molecule is CCC1CCCCC1C(CC(C)(C)C)NN. The van der Waals surface area contributed by atoms with Gasteiger partial charge < -0.3 is 0 Å². The summed E-state index contributed by atoms with van der Waals surface area (Å²) >= 11 is 0. The van der Waals surface area contributed by atoms with Gasteiger partial charge in [-0.15, -0.1) is 0 Å². The molecule has 0 aromatic carbocycles. The van der Waals surface area contributed by atoms with Crippen molar-refractivity contribution in [2.45, 2.75) is 72.3 Å². The van der Waals surface area contributed by atoms with Crippen molar-refractivity contribution in [3.05, 3.63) is 0 Å². The van der Waals surface area contributed by atoms with E-state index < -0.39 is 0 Å². The zero-order valence-corrected chi connectivity index (χ0v) is 11.6. The maximum Gasteiger partial charge on any atom is 0.0246 e. The molecule has 96 valence electrons. The first kappa shape index (κ1) is 14.0. The van der Waals surface area contributed by atoms with E-state index in [9.17, 15) is 0 Å². The first-order chi connectivity index (χ1) is 7.48. The topological polar surface area (TPSA) is 38.0 Å². The highest BCUT2D eigenvalue weighted by molar-refractivity contribution is 4.86. The molecule has 0 aromatic heterocycles. The van der Waals surface area contributed by atoms with Crippen LogP contribution >= 0.6 is 0 Å². The van der Waals surface area contributed by atoms with Crippen molar-refractivity contribution in [3.8, 4) is 0 Å². The molecular formula is C14H30N2. The van der Waals surface area contributed by atoms with Gasteiger partial charge in [0, 0.05) is 6.04 Å². The summed E-state index contributed by atoms with van der Waals surface area (Å²) in [6, 6.07) is 0.505. The second-order valence-electron chi connectivity index (χ2n) is 6.65. The van der Waals surface area contributed by atoms with E-state index in [2.05, 4.69) is 33.1 Å². The highest BCUT2D eigenvalue weighted by atomic mass is 15.2. The largest absolute Gasteiger partial charge is 0.271 e. The Morgan fingerprint density at radius 2 is 1.88 bits per heavy atom. The van der Waals surface area contributed by atoms with Crippen LogP contribution in [0, 0.1) is 17.3 Å². The van der Waals surface area contributed by atoms with E-state index in [4.69, 9.17) is 5.84 Å². The Labute approximate surface area is 101 Å². The van der Waals surface area contributed by atoms with E-state index in [0.29, 0.717) is 11.5 Å². The fourth-order valence-electron chi connectivity index (χ4n) is 3.27. The Hall–Kier alpha value is -0.0800. The average Bonchev–Trinajstić information content (AvgIpc) is 2.24. The van der Waals surface area contributed by atoms with Crippen LogP contribution in [-0.2, 0) is 0 Å². The monoisotopic (exact) mass is 226 g/mol. The molecule has 1 rings (SSSR count). The molecule has 0 heterocycles. The van der Waals surface area contributed by atoms with Crippen LogP contribution in [0.25, 0.3) is 0 Å². The van der Waals surface area contributed by atoms with Crippen LogP contribution in [0.4, 0.5) is 0 Å². The molecule has 1 aliphatic rings. The number of hydrogen-bond donors (Lipinski definition) is 2. The van der Waals surface area contributed by atoms with Crippen molar-refractivity contribution in [2.24, 2.45) is 23.1 Å². The highest BCUT2D eigenvalue weighted by Gasteiger charge is 2.32. The van der Waals surface area contributed by atoms with Crippen molar-refractivity contribution < 1.29 is 0 Å². The van der Waals surface area contributed by atoms with Crippen LogP contribution in [0.1, 0.15) is 66.2 Å². The lowest BCUT2D eigenvalue weighted by Gasteiger charge is -2.39. The van der Waals surface area contributed by atoms with Gasteiger partial charge in [0.25, 0.3) is 0 Å². The number of hydrazine groups is 1. The van der Waals surface area contributed by atoms with Crippen molar-refractivity contribution in [1.29, 1.82) is 0 Å². The molecule has 0 aromatic rings. The third kappa shape index (κ3) is 4.06. The lowest BCUT2D eigenvalue weighted by atomic mass is 9.71. The van der Waals surface area contributed by atoms with Gasteiger partial charge in [-0.25, -0.2) is 0 Å². The minimum atomic E-state index is 0.368. The predicted octanol–water partition coefficient (Wildman–Crippen LogP) is 3.47. The van der Waals surface area contributed by atoms with E-state index in [1.807, 2.05) is 0 Å². The van der Waals surface area contributed by atoms with Crippen LogP contribution in [-0.4, -0.2) is 6.04 Å². The first-order valence-corrected chi connectivity index (χ1v) is 6.94. The molecule has 3 N–H and O–H groups in total. The third-order valence-corrected chi connectivity index (χ3v) is 4.06. The van der Waals surface area contributed by atoms with Crippen LogP contribution in [0.15, 0.2) is 0 Å². The Bertz CT molecular complexity index is 195. The molecule has 0 aliphatic heterocycles. The number of nitrogens with one attached hydrogen (secondary N) is 1. The summed E-state index contributed by atoms with van der Waals surface area (Å²) in [7, 11) is 0. The van der Waals surface area contributed by atoms with E-state index in [1.54, 1.807) is 0 Å². The fraction of sp³-hybridized carbons (Fsp3) is 1.00. The summed E-state index contributed by atoms with van der Waals surface area (Å²) in [5, 5.41) is 0. The second kappa shape index (κ2) is 6.02. The summed E-state index contributed by atoms with van der Waals surface area (Å²) in [6.45, 7) is 9.25. The minimum Gasteiger partial charge on any atom is -0.271 e. The molecule has 1 aliphatic carbocycles. The van der Waals surface area contributed by atoms with Crippen molar-refractivity contribution in [3.63, 3.8) is 0 Å². The van der Waals surface area contributed by atoms with Gasteiger partial charge in [0.15, 0.2) is 0 Å². The van der Waals surface area contributed by atoms with Gasteiger partial charge in [-0.1, -0.05) is 53.4 Å². The van der Waals surface area contributed by atoms with E-state index in [1.165, 1.54) is 38.5 Å². The van der Waals surface area contributed by atoms with Crippen LogP contribution in [0.2, 0.25) is 0 Å².